The molecule has 4 aromatic rings. The van der Waals surface area contributed by atoms with E-state index in [0.29, 0.717) is 5.69 Å². The molecular weight excluding hydrogens is 534 g/mol. The molecule has 14 heteroatoms. The quantitative estimate of drug-likeness (QED) is 0.124. The Bertz CT molecular complexity index is 1800. The summed E-state index contributed by atoms with van der Waals surface area (Å²) < 4.78 is 61.1. The first-order valence-corrected chi connectivity index (χ1v) is 13.7. The minimum Gasteiger partial charge on any atom is -0.507 e. The Labute approximate surface area is 217 Å². The van der Waals surface area contributed by atoms with Crippen molar-refractivity contribution in [3.8, 4) is 5.75 Å². The van der Waals surface area contributed by atoms with Gasteiger partial charge in [0.1, 0.15) is 22.0 Å². The number of phenols is 1. The van der Waals surface area contributed by atoms with Crippen molar-refractivity contribution in [3.05, 3.63) is 72.8 Å². The van der Waals surface area contributed by atoms with Crippen molar-refractivity contribution >= 4 is 65.3 Å². The topological polar surface area (TPSA) is 201 Å². The molecule has 0 aromatic heterocycles. The summed E-state index contributed by atoms with van der Waals surface area (Å²) in [6.45, 7) is 1.35. The zero-order valence-electron chi connectivity index (χ0n) is 19.7. The van der Waals surface area contributed by atoms with Crippen molar-refractivity contribution in [2.45, 2.75) is 16.7 Å². The minimum absolute atomic E-state index is 0.0318. The zero-order valence-corrected chi connectivity index (χ0v) is 21.3. The van der Waals surface area contributed by atoms with Crippen molar-refractivity contribution in [1.29, 1.82) is 0 Å². The predicted molar refractivity (Wildman–Crippen MR) is 142 cm³/mol. The second-order valence-electron chi connectivity index (χ2n) is 8.05. The molecule has 0 aliphatic carbocycles. The molecule has 0 aliphatic heterocycles. The van der Waals surface area contributed by atoms with E-state index in [9.17, 15) is 31.3 Å². The van der Waals surface area contributed by atoms with E-state index in [0.717, 1.165) is 12.1 Å². The molecule has 0 saturated heterocycles. The van der Waals surface area contributed by atoms with Crippen LogP contribution in [0.25, 0.3) is 10.8 Å². The van der Waals surface area contributed by atoms with E-state index in [-0.39, 0.29) is 44.3 Å². The first-order chi connectivity index (χ1) is 17.8. The molecule has 0 heterocycles. The Morgan fingerprint density at radius 2 is 1.55 bits per heavy atom. The van der Waals surface area contributed by atoms with Gasteiger partial charge in [-0.15, -0.1) is 10.2 Å². The van der Waals surface area contributed by atoms with Crippen LogP contribution in [0.15, 0.2) is 92.8 Å². The highest BCUT2D eigenvalue weighted by molar-refractivity contribution is 7.92. The average Bonchev–Trinajstić information content (AvgIpc) is 2.84. The van der Waals surface area contributed by atoms with Gasteiger partial charge in [0.15, 0.2) is 0 Å². The number of nitrogens with one attached hydrogen (secondary N) is 2. The largest absolute Gasteiger partial charge is 0.507 e. The molecule has 0 bridgehead atoms. The molecule has 0 saturated carbocycles. The number of hydrogen-bond acceptors (Lipinski definition) is 9. The van der Waals surface area contributed by atoms with Crippen LogP contribution in [-0.2, 0) is 24.9 Å². The molecule has 4 aromatic carbocycles. The fourth-order valence-corrected chi connectivity index (χ4v) is 5.31. The first-order valence-electron chi connectivity index (χ1n) is 10.8. The van der Waals surface area contributed by atoms with E-state index in [1.807, 2.05) is 0 Å². The number of benzene rings is 4. The maximum atomic E-state index is 13.1. The fourth-order valence-electron chi connectivity index (χ4n) is 3.58. The third-order valence-electron chi connectivity index (χ3n) is 5.24. The monoisotopic (exact) mass is 555 g/mol. The number of sulfonamides is 1. The molecule has 1 amide bonds. The summed E-state index contributed by atoms with van der Waals surface area (Å²) in [7, 11) is -8.72. The highest BCUT2D eigenvalue weighted by Crippen LogP contribution is 2.40. The number of carbonyl (C=O) groups excluding carboxylic acids is 1. The summed E-state index contributed by atoms with van der Waals surface area (Å²) >= 11 is 0. The number of nitrogens with two attached hydrogens (primary N) is 1. The van der Waals surface area contributed by atoms with E-state index in [2.05, 4.69) is 20.3 Å². The number of nitrogens with zero attached hydrogens (tertiary/aromatic N) is 2. The number of amides is 1. The molecule has 12 nitrogen and oxygen atoms in total. The van der Waals surface area contributed by atoms with E-state index >= 15 is 0 Å². The fraction of sp³-hybridized carbons (Fsp3) is 0.0417. The molecule has 0 radical (unpaired) electrons. The molecule has 0 spiro atoms. The molecule has 0 aliphatic rings. The van der Waals surface area contributed by atoms with Crippen LogP contribution in [0.3, 0.4) is 0 Å². The number of anilines is 3. The normalized spacial score (nSPS) is 12.1. The third-order valence-corrected chi connectivity index (χ3v) is 7.50. The van der Waals surface area contributed by atoms with Gasteiger partial charge in [-0.1, -0.05) is 18.2 Å². The van der Waals surface area contributed by atoms with Gasteiger partial charge in [0, 0.05) is 24.4 Å². The SMILES string of the molecule is CC(=O)Nc1ccc(NS(=O)(=O)c2ccccc2/N=N/c2c(N)ccc3cc(S(=O)(=O)O)cc(O)c23)cc1. The number of rotatable bonds is 7. The summed E-state index contributed by atoms with van der Waals surface area (Å²) in [5, 5.41) is 21.4. The lowest BCUT2D eigenvalue weighted by atomic mass is 10.1. The molecule has 4 rings (SSSR count). The molecule has 38 heavy (non-hydrogen) atoms. The Hall–Kier alpha value is -4.53. The summed E-state index contributed by atoms with van der Waals surface area (Å²) in [5.41, 5.74) is 6.76. The number of aromatic hydroxyl groups is 1. The molecule has 196 valence electrons. The molecule has 6 N–H and O–H groups in total. The van der Waals surface area contributed by atoms with Gasteiger partial charge >= 0.3 is 0 Å². The molecule has 0 atom stereocenters. The van der Waals surface area contributed by atoms with Crippen molar-refractivity contribution < 1.29 is 31.3 Å². The Balaban J connectivity index is 1.71. The first kappa shape index (κ1) is 26.5. The lowest BCUT2D eigenvalue weighted by molar-refractivity contribution is -0.114. The van der Waals surface area contributed by atoms with Gasteiger partial charge in [-0.25, -0.2) is 8.42 Å². The van der Waals surface area contributed by atoms with Gasteiger partial charge in [-0.05, 0) is 53.9 Å². The second kappa shape index (κ2) is 10.1. The lowest BCUT2D eigenvalue weighted by Gasteiger charge is -2.11. The van der Waals surface area contributed by atoms with Crippen LogP contribution in [0.2, 0.25) is 0 Å². The van der Waals surface area contributed by atoms with Crippen molar-refractivity contribution in [2.24, 2.45) is 10.2 Å². The van der Waals surface area contributed by atoms with Crippen molar-refractivity contribution in [3.63, 3.8) is 0 Å². The van der Waals surface area contributed by atoms with Crippen LogP contribution in [0.5, 0.6) is 5.75 Å². The Morgan fingerprint density at radius 3 is 2.21 bits per heavy atom. The number of hydrogen-bond donors (Lipinski definition) is 5. The van der Waals surface area contributed by atoms with Crippen LogP contribution >= 0.6 is 0 Å². The van der Waals surface area contributed by atoms with E-state index in [4.69, 9.17) is 5.73 Å². The smallest absolute Gasteiger partial charge is 0.294 e. The molecule has 0 unspecified atom stereocenters. The average molecular weight is 556 g/mol. The number of carbonyl (C=O) groups is 1. The number of azo groups is 1. The highest BCUT2D eigenvalue weighted by atomic mass is 32.2. The summed E-state index contributed by atoms with van der Waals surface area (Å²) in [4.78, 5) is 10.5. The van der Waals surface area contributed by atoms with Gasteiger partial charge in [-0.2, -0.15) is 8.42 Å². The Kier molecular flexibility index (Phi) is 7.04. The van der Waals surface area contributed by atoms with Gasteiger partial charge < -0.3 is 16.2 Å². The minimum atomic E-state index is -4.59. The third kappa shape index (κ3) is 5.72. The van der Waals surface area contributed by atoms with Gasteiger partial charge in [0.2, 0.25) is 5.91 Å². The van der Waals surface area contributed by atoms with E-state index in [1.165, 1.54) is 61.5 Å². The van der Waals surface area contributed by atoms with Crippen LogP contribution in [0.1, 0.15) is 6.92 Å². The number of phenolic OH excluding ortho intramolecular Hbond substituents is 1. The summed E-state index contributed by atoms with van der Waals surface area (Å²) in [5.74, 6) is -0.793. The second-order valence-corrected chi connectivity index (χ2v) is 11.1. The number of fused-ring (bicyclic) bond motifs is 1. The van der Waals surface area contributed by atoms with Gasteiger partial charge in [0.25, 0.3) is 20.1 Å². The van der Waals surface area contributed by atoms with Gasteiger partial charge in [-0.3, -0.25) is 14.1 Å². The maximum absolute atomic E-state index is 13.1. The van der Waals surface area contributed by atoms with Crippen LogP contribution in [0, 0.1) is 0 Å². The predicted octanol–water partition coefficient (Wildman–Crippen LogP) is 4.55. The highest BCUT2D eigenvalue weighted by Gasteiger charge is 2.20. The number of nitrogen functional groups attached to an aromatic ring is 1. The van der Waals surface area contributed by atoms with Crippen LogP contribution < -0.4 is 15.8 Å². The Morgan fingerprint density at radius 1 is 0.895 bits per heavy atom. The van der Waals surface area contributed by atoms with E-state index in [1.54, 1.807) is 6.07 Å². The lowest BCUT2D eigenvalue weighted by Crippen LogP contribution is -2.13. The van der Waals surface area contributed by atoms with E-state index < -0.39 is 30.8 Å². The molecule has 0 fully saturated rings. The summed E-state index contributed by atoms with van der Waals surface area (Å²) in [6, 6.07) is 16.6. The van der Waals surface area contributed by atoms with Crippen molar-refractivity contribution in [1.82, 2.24) is 0 Å². The standard InChI is InChI=1S/C24H21N5O7S2/c1-14(30)26-16-7-9-17(10-8-16)29-37(32,33)22-5-3-2-4-20(22)27-28-24-19(25)11-6-15-12-18(38(34,35)36)13-21(31)23(15)24/h2-13,29,31H,25H2,1H3,(H,26,30)(H,34,35,36)/b28-27+. The van der Waals surface area contributed by atoms with Crippen molar-refractivity contribution in [2.75, 3.05) is 15.8 Å². The zero-order chi connectivity index (χ0) is 27.7. The molecular formula is C24H21N5O7S2. The van der Waals surface area contributed by atoms with Gasteiger partial charge in [0.05, 0.1) is 16.0 Å². The van der Waals surface area contributed by atoms with Crippen LogP contribution in [-0.4, -0.2) is 32.4 Å². The maximum Gasteiger partial charge on any atom is 0.294 e. The van der Waals surface area contributed by atoms with Crippen LogP contribution in [0.4, 0.5) is 28.4 Å². The summed E-state index contributed by atoms with van der Waals surface area (Å²) in [6.07, 6.45) is 0.